The van der Waals surface area contributed by atoms with E-state index in [1.165, 1.54) is 0 Å². The van der Waals surface area contributed by atoms with Crippen molar-refractivity contribution >= 4 is 11.8 Å². The monoisotopic (exact) mass is 389 g/mol. The molecule has 2 atom stereocenters. The highest BCUT2D eigenvalue weighted by Gasteiger charge is 2.52. The van der Waals surface area contributed by atoms with Crippen LogP contribution in [-0.4, -0.2) is 52.4 Å². The van der Waals surface area contributed by atoms with Crippen molar-refractivity contribution in [2.45, 2.75) is 79.2 Å². The Labute approximate surface area is 168 Å². The minimum Gasteiger partial charge on any atom is -0.361 e. The topological polar surface area (TPSA) is 66.7 Å². The maximum Gasteiger partial charge on any atom is 0.230 e. The van der Waals surface area contributed by atoms with Crippen LogP contribution in [0.1, 0.15) is 69.9 Å². The molecule has 156 valence electrons. The van der Waals surface area contributed by atoms with Crippen LogP contribution >= 0.6 is 0 Å². The Morgan fingerprint density at radius 3 is 2.54 bits per heavy atom. The first kappa shape index (κ1) is 20.9. The van der Waals surface area contributed by atoms with Crippen molar-refractivity contribution in [3.05, 3.63) is 17.0 Å². The molecule has 2 aliphatic heterocycles. The highest BCUT2D eigenvalue weighted by Crippen LogP contribution is 2.44. The average Bonchev–Trinajstić information content (AvgIpc) is 2.96. The van der Waals surface area contributed by atoms with E-state index in [0.717, 1.165) is 62.3 Å². The summed E-state index contributed by atoms with van der Waals surface area (Å²) in [4.78, 5) is 30.5. The van der Waals surface area contributed by atoms with Crippen LogP contribution in [0.15, 0.2) is 4.52 Å². The molecule has 3 rings (SSSR count). The summed E-state index contributed by atoms with van der Waals surface area (Å²) in [6.45, 7) is 12.6. The number of hydrogen-bond acceptors (Lipinski definition) is 4. The van der Waals surface area contributed by atoms with E-state index in [-0.39, 0.29) is 17.9 Å². The summed E-state index contributed by atoms with van der Waals surface area (Å²) in [6.07, 6.45) is 4.81. The predicted molar refractivity (Wildman–Crippen MR) is 108 cm³/mol. The molecule has 2 saturated heterocycles. The van der Waals surface area contributed by atoms with E-state index in [2.05, 4.69) is 25.9 Å². The molecular weight excluding hydrogens is 354 g/mol. The quantitative estimate of drug-likeness (QED) is 0.773. The van der Waals surface area contributed by atoms with Gasteiger partial charge in [-0.15, -0.1) is 0 Å². The summed E-state index contributed by atoms with van der Waals surface area (Å²) in [7, 11) is 0. The number of aromatic nitrogens is 1. The van der Waals surface area contributed by atoms with Crippen LogP contribution in [0.25, 0.3) is 0 Å². The molecule has 0 aromatic carbocycles. The van der Waals surface area contributed by atoms with Crippen molar-refractivity contribution in [1.29, 1.82) is 0 Å². The molecule has 0 unspecified atom stereocenters. The van der Waals surface area contributed by atoms with Crippen LogP contribution < -0.4 is 0 Å². The van der Waals surface area contributed by atoms with E-state index >= 15 is 0 Å². The number of piperidine rings is 2. The van der Waals surface area contributed by atoms with E-state index in [1.54, 1.807) is 0 Å². The molecule has 1 aromatic heterocycles. The van der Waals surface area contributed by atoms with Gasteiger partial charge in [0.15, 0.2) is 0 Å². The molecule has 2 aliphatic rings. The van der Waals surface area contributed by atoms with Gasteiger partial charge in [0.25, 0.3) is 0 Å². The van der Waals surface area contributed by atoms with Crippen LogP contribution in [-0.2, 0) is 16.0 Å². The van der Waals surface area contributed by atoms with Gasteiger partial charge >= 0.3 is 0 Å². The van der Waals surface area contributed by atoms with Crippen molar-refractivity contribution in [2.24, 2.45) is 11.3 Å². The molecule has 0 radical (unpaired) electrons. The molecule has 6 nitrogen and oxygen atoms in total. The molecule has 0 N–H and O–H groups in total. The zero-order valence-corrected chi connectivity index (χ0v) is 18.1. The number of amides is 2. The third-order valence-electron chi connectivity index (χ3n) is 6.73. The van der Waals surface area contributed by atoms with Crippen LogP contribution in [0.5, 0.6) is 0 Å². The normalized spacial score (nSPS) is 25.8. The van der Waals surface area contributed by atoms with Crippen molar-refractivity contribution in [3.8, 4) is 0 Å². The first-order chi connectivity index (χ1) is 13.3. The van der Waals surface area contributed by atoms with Gasteiger partial charge in [0, 0.05) is 37.7 Å². The second kappa shape index (κ2) is 8.26. The highest BCUT2D eigenvalue weighted by molar-refractivity contribution is 5.86. The van der Waals surface area contributed by atoms with Crippen molar-refractivity contribution in [3.63, 3.8) is 0 Å². The molecule has 6 heteroatoms. The molecule has 2 fully saturated rings. The van der Waals surface area contributed by atoms with Crippen molar-refractivity contribution in [1.82, 2.24) is 15.0 Å². The van der Waals surface area contributed by atoms with E-state index < -0.39 is 5.41 Å². The zero-order chi connectivity index (χ0) is 20.5. The maximum absolute atomic E-state index is 13.4. The van der Waals surface area contributed by atoms with Gasteiger partial charge in [-0.3, -0.25) is 9.59 Å². The summed E-state index contributed by atoms with van der Waals surface area (Å²) in [5, 5.41) is 3.98. The Bertz CT molecular complexity index is 703. The highest BCUT2D eigenvalue weighted by atomic mass is 16.5. The van der Waals surface area contributed by atoms with Gasteiger partial charge in [0.05, 0.1) is 11.1 Å². The molecule has 1 spiro atoms. The molecule has 2 amide bonds. The van der Waals surface area contributed by atoms with Gasteiger partial charge in [-0.1, -0.05) is 19.0 Å². The van der Waals surface area contributed by atoms with Gasteiger partial charge in [0.2, 0.25) is 11.8 Å². The number of rotatable bonds is 5. The number of carbonyl (C=O) groups excluding carboxylic acids is 2. The van der Waals surface area contributed by atoms with Gasteiger partial charge in [-0.25, -0.2) is 0 Å². The largest absolute Gasteiger partial charge is 0.361 e. The fourth-order valence-corrected chi connectivity index (χ4v) is 5.18. The summed E-state index contributed by atoms with van der Waals surface area (Å²) in [5.41, 5.74) is 1.49. The van der Waals surface area contributed by atoms with Crippen LogP contribution in [0.4, 0.5) is 0 Å². The number of carbonyl (C=O) groups is 2. The zero-order valence-electron chi connectivity index (χ0n) is 18.1. The number of hydrogen-bond donors (Lipinski definition) is 0. The minimum absolute atomic E-state index is 0.0409. The lowest BCUT2D eigenvalue weighted by molar-refractivity contribution is -0.160. The molecular formula is C22H35N3O3. The Kier molecular flexibility index (Phi) is 6.15. The minimum atomic E-state index is -0.399. The molecule has 28 heavy (non-hydrogen) atoms. The van der Waals surface area contributed by atoms with Gasteiger partial charge in [-0.2, -0.15) is 0 Å². The summed E-state index contributed by atoms with van der Waals surface area (Å²) < 4.78 is 5.22. The lowest BCUT2D eigenvalue weighted by Gasteiger charge is -2.52. The standard InChI is InChI=1S/C22H35N3O3/c1-15(2)14-24-12-6-10-22(21(24)27)11-7-13-25(18(22)5)20(26)9-8-19-16(3)23-28-17(19)4/h15,18H,6-14H2,1-5H3/t18-,22-/m0/s1. The summed E-state index contributed by atoms with van der Waals surface area (Å²) in [6, 6.07) is -0.0409. The summed E-state index contributed by atoms with van der Waals surface area (Å²) >= 11 is 0. The molecule has 0 bridgehead atoms. The Morgan fingerprint density at radius 1 is 1.25 bits per heavy atom. The third-order valence-corrected chi connectivity index (χ3v) is 6.73. The first-order valence-electron chi connectivity index (χ1n) is 10.8. The molecule has 0 aliphatic carbocycles. The molecule has 1 aromatic rings. The first-order valence-corrected chi connectivity index (χ1v) is 10.8. The number of likely N-dealkylation sites (tertiary alicyclic amines) is 2. The van der Waals surface area contributed by atoms with E-state index in [1.807, 2.05) is 23.6 Å². The van der Waals surface area contributed by atoms with Crippen LogP contribution in [0.3, 0.4) is 0 Å². The lowest BCUT2D eigenvalue weighted by atomic mass is 9.67. The van der Waals surface area contributed by atoms with E-state index in [9.17, 15) is 9.59 Å². The Hall–Kier alpha value is -1.85. The van der Waals surface area contributed by atoms with E-state index in [0.29, 0.717) is 18.8 Å². The predicted octanol–water partition coefficient (Wildman–Crippen LogP) is 3.50. The van der Waals surface area contributed by atoms with Gasteiger partial charge in [-0.05, 0) is 58.8 Å². The number of aryl methyl sites for hydroxylation is 2. The maximum atomic E-state index is 13.4. The second-order valence-corrected chi connectivity index (χ2v) is 9.07. The van der Waals surface area contributed by atoms with E-state index in [4.69, 9.17) is 4.52 Å². The van der Waals surface area contributed by atoms with Crippen molar-refractivity contribution < 1.29 is 14.1 Å². The lowest BCUT2D eigenvalue weighted by Crippen LogP contribution is -2.62. The van der Waals surface area contributed by atoms with Gasteiger partial charge < -0.3 is 14.3 Å². The third kappa shape index (κ3) is 3.83. The van der Waals surface area contributed by atoms with Crippen LogP contribution in [0, 0.1) is 25.2 Å². The Morgan fingerprint density at radius 2 is 1.93 bits per heavy atom. The van der Waals surface area contributed by atoms with Crippen LogP contribution in [0.2, 0.25) is 0 Å². The second-order valence-electron chi connectivity index (χ2n) is 9.07. The van der Waals surface area contributed by atoms with Gasteiger partial charge in [0.1, 0.15) is 5.76 Å². The fraction of sp³-hybridized carbons (Fsp3) is 0.773. The SMILES string of the molecule is Cc1noc(C)c1CCC(=O)N1CCC[C@@]2(CCCN(CC(C)C)C2=O)[C@@H]1C. The molecule has 0 saturated carbocycles. The smallest absolute Gasteiger partial charge is 0.230 e. The number of nitrogens with zero attached hydrogens (tertiary/aromatic N) is 3. The Balaban J connectivity index is 1.71. The molecule has 3 heterocycles. The van der Waals surface area contributed by atoms with Crippen molar-refractivity contribution in [2.75, 3.05) is 19.6 Å². The fourth-order valence-electron chi connectivity index (χ4n) is 5.18. The average molecular weight is 390 g/mol. The summed E-state index contributed by atoms with van der Waals surface area (Å²) in [5.74, 6) is 1.66.